The Morgan fingerprint density at radius 1 is 1.54 bits per heavy atom. The van der Waals surface area contributed by atoms with E-state index in [2.05, 4.69) is 0 Å². The molecule has 13 heavy (non-hydrogen) atoms. The summed E-state index contributed by atoms with van der Waals surface area (Å²) in [4.78, 5) is 10.9. The number of ether oxygens (including phenoxy) is 2. The second-order valence-corrected chi connectivity index (χ2v) is 3.67. The fourth-order valence-electron chi connectivity index (χ4n) is 0.631. The predicted molar refractivity (Wildman–Crippen MR) is 50.3 cm³/mol. The van der Waals surface area contributed by atoms with Crippen LogP contribution in [0.2, 0.25) is 0 Å². The zero-order chi connectivity index (χ0) is 10.5. The first-order chi connectivity index (χ1) is 5.89. The van der Waals surface area contributed by atoms with Gasteiger partial charge >= 0.3 is 5.97 Å². The molecule has 0 rings (SSSR count). The molecule has 0 aromatic heterocycles. The molecule has 0 aliphatic carbocycles. The molecule has 0 fully saturated rings. The molecule has 2 N–H and O–H groups in total. The number of carbonyl (C=O) groups is 1. The lowest BCUT2D eigenvalue weighted by Gasteiger charge is -2.22. The standard InChI is InChI=1S/C9H19NO3/c1-7(10)8(11)13-6-5-9(2,3)12-4/h7H,5-6,10H2,1-4H3/t7-/m1/s1. The van der Waals surface area contributed by atoms with Crippen LogP contribution in [0.25, 0.3) is 0 Å². The van der Waals surface area contributed by atoms with Crippen LogP contribution in [0.3, 0.4) is 0 Å². The van der Waals surface area contributed by atoms with E-state index in [1.165, 1.54) is 0 Å². The summed E-state index contributed by atoms with van der Waals surface area (Å²) in [5.74, 6) is -0.369. The van der Waals surface area contributed by atoms with E-state index in [1.54, 1.807) is 14.0 Å². The van der Waals surface area contributed by atoms with E-state index in [4.69, 9.17) is 15.2 Å². The van der Waals surface area contributed by atoms with Crippen LogP contribution in [-0.4, -0.2) is 31.3 Å². The molecule has 0 heterocycles. The maximum Gasteiger partial charge on any atom is 0.322 e. The van der Waals surface area contributed by atoms with Crippen molar-refractivity contribution < 1.29 is 14.3 Å². The summed E-state index contributed by atoms with van der Waals surface area (Å²) < 4.78 is 10.1. The molecule has 0 aliphatic heterocycles. The molecule has 0 aliphatic rings. The van der Waals surface area contributed by atoms with Crippen LogP contribution in [0.1, 0.15) is 27.2 Å². The Kier molecular flexibility index (Phi) is 4.95. The first-order valence-corrected chi connectivity index (χ1v) is 4.36. The van der Waals surface area contributed by atoms with Crippen molar-refractivity contribution in [3.8, 4) is 0 Å². The van der Waals surface area contributed by atoms with E-state index in [-0.39, 0.29) is 11.6 Å². The normalized spacial score (nSPS) is 13.9. The maximum atomic E-state index is 10.9. The summed E-state index contributed by atoms with van der Waals surface area (Å²) in [6, 6.07) is -0.550. The van der Waals surface area contributed by atoms with Crippen LogP contribution in [0, 0.1) is 0 Å². The second-order valence-electron chi connectivity index (χ2n) is 3.67. The van der Waals surface area contributed by atoms with Gasteiger partial charge in [0.2, 0.25) is 0 Å². The minimum Gasteiger partial charge on any atom is -0.464 e. The van der Waals surface area contributed by atoms with Crippen molar-refractivity contribution in [2.75, 3.05) is 13.7 Å². The largest absolute Gasteiger partial charge is 0.464 e. The molecule has 4 nitrogen and oxygen atoms in total. The SMILES string of the molecule is COC(C)(C)CCOC(=O)[C@@H](C)N. The van der Waals surface area contributed by atoms with Crippen LogP contribution < -0.4 is 5.73 Å². The van der Waals surface area contributed by atoms with Gasteiger partial charge in [-0.25, -0.2) is 0 Å². The van der Waals surface area contributed by atoms with Crippen LogP contribution in [0.15, 0.2) is 0 Å². The highest BCUT2D eigenvalue weighted by molar-refractivity contribution is 5.74. The van der Waals surface area contributed by atoms with Gasteiger partial charge in [-0.2, -0.15) is 0 Å². The highest BCUT2D eigenvalue weighted by Gasteiger charge is 2.17. The molecule has 0 aromatic carbocycles. The Labute approximate surface area is 79.4 Å². The summed E-state index contributed by atoms with van der Waals surface area (Å²) in [6.07, 6.45) is 0.669. The van der Waals surface area contributed by atoms with Crippen LogP contribution in [0.5, 0.6) is 0 Å². The van der Waals surface area contributed by atoms with Crippen LogP contribution in [0.4, 0.5) is 0 Å². The molecule has 0 aromatic rings. The van der Waals surface area contributed by atoms with Gasteiger partial charge in [-0.3, -0.25) is 4.79 Å². The number of carbonyl (C=O) groups excluding carboxylic acids is 1. The van der Waals surface area contributed by atoms with Crippen molar-refractivity contribution in [1.82, 2.24) is 0 Å². The monoisotopic (exact) mass is 189 g/mol. The van der Waals surface area contributed by atoms with E-state index >= 15 is 0 Å². The zero-order valence-corrected chi connectivity index (χ0v) is 8.79. The van der Waals surface area contributed by atoms with Gasteiger partial charge in [-0.1, -0.05) is 0 Å². The van der Waals surface area contributed by atoms with E-state index < -0.39 is 6.04 Å². The maximum absolute atomic E-state index is 10.9. The summed E-state index contributed by atoms with van der Waals surface area (Å²) in [5.41, 5.74) is 5.06. The number of nitrogens with two attached hydrogens (primary N) is 1. The first kappa shape index (κ1) is 12.4. The molecule has 0 spiro atoms. The van der Waals surface area contributed by atoms with E-state index in [1.807, 2.05) is 13.8 Å². The third kappa shape index (κ3) is 5.60. The quantitative estimate of drug-likeness (QED) is 0.646. The van der Waals surface area contributed by atoms with Gasteiger partial charge in [-0.05, 0) is 20.8 Å². The van der Waals surface area contributed by atoms with Gasteiger partial charge in [0.05, 0.1) is 12.2 Å². The Morgan fingerprint density at radius 3 is 2.46 bits per heavy atom. The summed E-state index contributed by atoms with van der Waals surface area (Å²) >= 11 is 0. The lowest BCUT2D eigenvalue weighted by molar-refractivity contribution is -0.146. The van der Waals surface area contributed by atoms with Crippen LogP contribution in [-0.2, 0) is 14.3 Å². The van der Waals surface area contributed by atoms with Gasteiger partial charge in [0.15, 0.2) is 0 Å². The number of hydrogen-bond acceptors (Lipinski definition) is 4. The van der Waals surface area contributed by atoms with Crippen molar-refractivity contribution in [3.63, 3.8) is 0 Å². The van der Waals surface area contributed by atoms with Crippen molar-refractivity contribution in [1.29, 1.82) is 0 Å². The molecule has 0 amide bonds. The van der Waals surface area contributed by atoms with E-state index in [9.17, 15) is 4.79 Å². The van der Waals surface area contributed by atoms with Gasteiger partial charge in [-0.15, -0.1) is 0 Å². The number of rotatable bonds is 5. The Hall–Kier alpha value is -0.610. The summed E-state index contributed by atoms with van der Waals surface area (Å²) in [7, 11) is 1.63. The number of hydrogen-bond donors (Lipinski definition) is 1. The molecular weight excluding hydrogens is 170 g/mol. The second kappa shape index (κ2) is 5.19. The van der Waals surface area contributed by atoms with Crippen molar-refractivity contribution >= 4 is 5.97 Å². The Morgan fingerprint density at radius 2 is 2.08 bits per heavy atom. The van der Waals surface area contributed by atoms with E-state index in [0.717, 1.165) is 0 Å². The molecule has 4 heteroatoms. The Balaban J connectivity index is 3.62. The molecule has 0 saturated heterocycles. The first-order valence-electron chi connectivity index (χ1n) is 4.36. The zero-order valence-electron chi connectivity index (χ0n) is 8.79. The molecule has 78 valence electrons. The van der Waals surface area contributed by atoms with Crippen molar-refractivity contribution in [2.24, 2.45) is 5.73 Å². The highest BCUT2D eigenvalue weighted by atomic mass is 16.5. The third-order valence-corrected chi connectivity index (χ3v) is 1.87. The van der Waals surface area contributed by atoms with Gasteiger partial charge in [0.1, 0.15) is 6.04 Å². The molecule has 0 saturated carbocycles. The summed E-state index contributed by atoms with van der Waals surface area (Å²) in [6.45, 7) is 5.82. The lowest BCUT2D eigenvalue weighted by atomic mass is 10.1. The fourth-order valence-corrected chi connectivity index (χ4v) is 0.631. The molecule has 0 bridgehead atoms. The fraction of sp³-hybridized carbons (Fsp3) is 0.889. The minimum absolute atomic E-state index is 0.252. The molecule has 0 radical (unpaired) electrons. The highest BCUT2D eigenvalue weighted by Crippen LogP contribution is 2.12. The Bertz CT molecular complexity index is 166. The van der Waals surface area contributed by atoms with Crippen LogP contribution >= 0.6 is 0 Å². The molecular formula is C9H19NO3. The van der Waals surface area contributed by atoms with E-state index in [0.29, 0.717) is 13.0 Å². The number of esters is 1. The van der Waals surface area contributed by atoms with Crippen molar-refractivity contribution in [2.45, 2.75) is 38.8 Å². The topological polar surface area (TPSA) is 61.5 Å². The van der Waals surface area contributed by atoms with Gasteiger partial charge in [0, 0.05) is 13.5 Å². The van der Waals surface area contributed by atoms with Crippen molar-refractivity contribution in [3.05, 3.63) is 0 Å². The van der Waals surface area contributed by atoms with Gasteiger partial charge in [0.25, 0.3) is 0 Å². The average Bonchev–Trinajstić information content (AvgIpc) is 2.04. The number of methoxy groups -OCH3 is 1. The predicted octanol–water partition coefficient (Wildman–Crippen LogP) is 0.692. The lowest BCUT2D eigenvalue weighted by Crippen LogP contribution is -2.31. The molecule has 1 atom stereocenters. The minimum atomic E-state index is -0.550. The average molecular weight is 189 g/mol. The summed E-state index contributed by atoms with van der Waals surface area (Å²) in [5, 5.41) is 0. The smallest absolute Gasteiger partial charge is 0.322 e. The van der Waals surface area contributed by atoms with Gasteiger partial charge < -0.3 is 15.2 Å². The third-order valence-electron chi connectivity index (χ3n) is 1.87. The molecule has 0 unspecified atom stereocenters.